The first kappa shape index (κ1) is 16.8. The van der Waals surface area contributed by atoms with Crippen molar-refractivity contribution in [1.82, 2.24) is 9.88 Å². The molecule has 5 heteroatoms. The molecule has 4 rings (SSSR count). The molecule has 3 heterocycles. The van der Waals surface area contributed by atoms with Crippen molar-refractivity contribution < 1.29 is 13.9 Å². The van der Waals surface area contributed by atoms with Gasteiger partial charge in [0.25, 0.3) is 0 Å². The van der Waals surface area contributed by atoms with E-state index in [-0.39, 0.29) is 12.2 Å². The van der Waals surface area contributed by atoms with Gasteiger partial charge in [-0.3, -0.25) is 9.88 Å². The van der Waals surface area contributed by atoms with Gasteiger partial charge < -0.3 is 13.9 Å². The Labute approximate surface area is 148 Å². The Morgan fingerprint density at radius 1 is 1.24 bits per heavy atom. The van der Waals surface area contributed by atoms with Gasteiger partial charge in [0.1, 0.15) is 11.5 Å². The van der Waals surface area contributed by atoms with Gasteiger partial charge in [0.05, 0.1) is 32.0 Å². The first-order valence-electron chi connectivity index (χ1n) is 9.13. The Hall–Kier alpha value is -1.69. The van der Waals surface area contributed by atoms with Gasteiger partial charge in [-0.2, -0.15) is 0 Å². The second kappa shape index (κ2) is 7.28. The van der Waals surface area contributed by atoms with Gasteiger partial charge in [-0.05, 0) is 56.0 Å². The van der Waals surface area contributed by atoms with Crippen molar-refractivity contribution in [3.63, 3.8) is 0 Å². The van der Waals surface area contributed by atoms with Crippen molar-refractivity contribution in [3.05, 3.63) is 53.2 Å². The van der Waals surface area contributed by atoms with E-state index in [9.17, 15) is 0 Å². The SMILES string of the molecule is Cc1cc(CN2CCO[C@@H]3[C@@H](OCc4ccncc4)CC[C@@H]32)oc1C. The molecule has 0 radical (unpaired) electrons. The number of furan rings is 1. The molecule has 2 aliphatic rings. The highest BCUT2D eigenvalue weighted by molar-refractivity contribution is 5.19. The van der Waals surface area contributed by atoms with E-state index >= 15 is 0 Å². The van der Waals surface area contributed by atoms with E-state index < -0.39 is 0 Å². The van der Waals surface area contributed by atoms with E-state index in [0.29, 0.717) is 12.6 Å². The lowest BCUT2D eigenvalue weighted by atomic mass is 10.1. The molecule has 1 aliphatic heterocycles. The lowest BCUT2D eigenvalue weighted by Crippen LogP contribution is -2.51. The summed E-state index contributed by atoms with van der Waals surface area (Å²) in [6.07, 6.45) is 6.11. The molecule has 25 heavy (non-hydrogen) atoms. The fraction of sp³-hybridized carbons (Fsp3) is 0.550. The average molecular weight is 342 g/mol. The van der Waals surface area contributed by atoms with Crippen LogP contribution in [-0.2, 0) is 22.6 Å². The zero-order chi connectivity index (χ0) is 17.2. The predicted octanol–water partition coefficient (Wildman–Crippen LogP) is 3.24. The minimum absolute atomic E-state index is 0.160. The summed E-state index contributed by atoms with van der Waals surface area (Å²) in [6, 6.07) is 6.58. The van der Waals surface area contributed by atoms with Gasteiger partial charge in [-0.1, -0.05) is 0 Å². The summed E-state index contributed by atoms with van der Waals surface area (Å²) in [7, 11) is 0. The highest BCUT2D eigenvalue weighted by atomic mass is 16.5. The predicted molar refractivity (Wildman–Crippen MR) is 94.2 cm³/mol. The number of hydrogen-bond acceptors (Lipinski definition) is 5. The average Bonchev–Trinajstić information content (AvgIpc) is 3.18. The minimum atomic E-state index is 0.160. The lowest BCUT2D eigenvalue weighted by Gasteiger charge is -2.38. The molecular weight excluding hydrogens is 316 g/mol. The molecule has 2 aromatic rings. The van der Waals surface area contributed by atoms with Gasteiger partial charge >= 0.3 is 0 Å². The molecule has 0 N–H and O–H groups in total. The quantitative estimate of drug-likeness (QED) is 0.835. The van der Waals surface area contributed by atoms with Crippen molar-refractivity contribution >= 4 is 0 Å². The normalized spacial score (nSPS) is 26.7. The standard InChI is InChI=1S/C20H26N2O3/c1-14-11-17(25-15(14)2)12-22-9-10-23-20-18(22)3-4-19(20)24-13-16-5-7-21-8-6-16/h5-8,11,18-20H,3-4,9-10,12-13H2,1-2H3/t18-,19-,20-/m0/s1. The molecule has 5 nitrogen and oxygen atoms in total. The molecule has 3 atom stereocenters. The van der Waals surface area contributed by atoms with Crippen LogP contribution >= 0.6 is 0 Å². The third-order valence-electron chi connectivity index (χ3n) is 5.44. The number of ether oxygens (including phenoxy) is 2. The van der Waals surface area contributed by atoms with Crippen molar-refractivity contribution in [2.75, 3.05) is 13.2 Å². The third-order valence-corrected chi connectivity index (χ3v) is 5.44. The Bertz CT molecular complexity index is 681. The molecule has 2 aromatic heterocycles. The molecule has 2 fully saturated rings. The van der Waals surface area contributed by atoms with Crippen LogP contribution in [0.25, 0.3) is 0 Å². The first-order valence-corrected chi connectivity index (χ1v) is 9.13. The van der Waals surface area contributed by atoms with Gasteiger partial charge in [-0.25, -0.2) is 0 Å². The van der Waals surface area contributed by atoms with Crippen LogP contribution in [0.15, 0.2) is 35.0 Å². The maximum atomic E-state index is 6.18. The van der Waals surface area contributed by atoms with Crippen molar-refractivity contribution in [1.29, 1.82) is 0 Å². The Kier molecular flexibility index (Phi) is 4.88. The number of morpholine rings is 1. The zero-order valence-corrected chi connectivity index (χ0v) is 15.0. The molecule has 1 aliphatic carbocycles. The monoisotopic (exact) mass is 342 g/mol. The van der Waals surface area contributed by atoms with Crippen LogP contribution in [0.1, 0.15) is 35.5 Å². The summed E-state index contributed by atoms with van der Waals surface area (Å²) in [6.45, 7) is 7.32. The topological polar surface area (TPSA) is 47.7 Å². The second-order valence-corrected chi connectivity index (χ2v) is 7.11. The maximum absolute atomic E-state index is 6.18. The molecule has 134 valence electrons. The van der Waals surface area contributed by atoms with Gasteiger partial charge in [0.2, 0.25) is 0 Å². The van der Waals surface area contributed by atoms with Crippen molar-refractivity contribution in [2.24, 2.45) is 0 Å². The van der Waals surface area contributed by atoms with Crippen LogP contribution in [0.5, 0.6) is 0 Å². The van der Waals surface area contributed by atoms with Crippen LogP contribution in [0.2, 0.25) is 0 Å². The van der Waals surface area contributed by atoms with E-state index in [2.05, 4.69) is 22.9 Å². The number of hydrogen-bond donors (Lipinski definition) is 0. The van der Waals surface area contributed by atoms with Gasteiger partial charge in [-0.15, -0.1) is 0 Å². The summed E-state index contributed by atoms with van der Waals surface area (Å²) in [4.78, 5) is 6.55. The number of aryl methyl sites for hydroxylation is 2. The minimum Gasteiger partial charge on any atom is -0.465 e. The summed E-state index contributed by atoms with van der Waals surface area (Å²) in [5.41, 5.74) is 2.39. The zero-order valence-electron chi connectivity index (χ0n) is 15.0. The van der Waals surface area contributed by atoms with E-state index in [1.165, 1.54) is 5.56 Å². The Morgan fingerprint density at radius 3 is 2.84 bits per heavy atom. The third kappa shape index (κ3) is 3.64. The Morgan fingerprint density at radius 2 is 2.08 bits per heavy atom. The summed E-state index contributed by atoms with van der Waals surface area (Å²) < 4.78 is 18.1. The fourth-order valence-electron chi connectivity index (χ4n) is 3.98. The Balaban J connectivity index is 1.38. The number of fused-ring (bicyclic) bond motifs is 1. The van der Waals surface area contributed by atoms with Crippen molar-refractivity contribution in [3.8, 4) is 0 Å². The lowest BCUT2D eigenvalue weighted by molar-refractivity contribution is -0.119. The molecule has 0 unspecified atom stereocenters. The smallest absolute Gasteiger partial charge is 0.118 e. The van der Waals surface area contributed by atoms with Crippen molar-refractivity contribution in [2.45, 2.75) is 58.1 Å². The number of pyridine rings is 1. The van der Waals surface area contributed by atoms with Crippen LogP contribution in [0, 0.1) is 13.8 Å². The number of aromatic nitrogens is 1. The molecule has 1 saturated carbocycles. The molecule has 1 saturated heterocycles. The van der Waals surface area contributed by atoms with E-state index in [0.717, 1.165) is 49.6 Å². The van der Waals surface area contributed by atoms with Gasteiger partial charge in [0, 0.05) is 25.0 Å². The van der Waals surface area contributed by atoms with Crippen LogP contribution < -0.4 is 0 Å². The second-order valence-electron chi connectivity index (χ2n) is 7.11. The highest BCUT2D eigenvalue weighted by Gasteiger charge is 2.43. The fourth-order valence-corrected chi connectivity index (χ4v) is 3.98. The molecule has 0 bridgehead atoms. The molecule has 0 aromatic carbocycles. The molecule has 0 spiro atoms. The summed E-state index contributed by atoms with van der Waals surface area (Å²) >= 11 is 0. The van der Waals surface area contributed by atoms with E-state index in [1.54, 1.807) is 0 Å². The van der Waals surface area contributed by atoms with Crippen LogP contribution in [-0.4, -0.2) is 41.3 Å². The number of nitrogens with zero attached hydrogens (tertiary/aromatic N) is 2. The molecule has 0 amide bonds. The highest BCUT2D eigenvalue weighted by Crippen LogP contribution is 2.33. The van der Waals surface area contributed by atoms with Crippen LogP contribution in [0.3, 0.4) is 0 Å². The van der Waals surface area contributed by atoms with Crippen LogP contribution in [0.4, 0.5) is 0 Å². The van der Waals surface area contributed by atoms with Gasteiger partial charge in [0.15, 0.2) is 0 Å². The largest absolute Gasteiger partial charge is 0.465 e. The first-order chi connectivity index (χ1) is 12.2. The van der Waals surface area contributed by atoms with E-state index in [4.69, 9.17) is 13.9 Å². The summed E-state index contributed by atoms with van der Waals surface area (Å²) in [5.74, 6) is 2.07. The molecular formula is C20H26N2O3. The number of rotatable bonds is 5. The summed E-state index contributed by atoms with van der Waals surface area (Å²) in [5, 5.41) is 0. The maximum Gasteiger partial charge on any atom is 0.118 e. The van der Waals surface area contributed by atoms with E-state index in [1.807, 2.05) is 31.5 Å².